The molecule has 0 aliphatic carbocycles. The van der Waals surface area contributed by atoms with E-state index in [1.807, 2.05) is 25.5 Å². The second-order valence-electron chi connectivity index (χ2n) is 4.32. The van der Waals surface area contributed by atoms with Crippen LogP contribution in [0.5, 0.6) is 0 Å². The number of amides is 1. The van der Waals surface area contributed by atoms with Crippen LogP contribution < -0.4 is 10.2 Å². The molecule has 1 amide bonds. The van der Waals surface area contributed by atoms with Gasteiger partial charge in [-0.2, -0.15) is 0 Å². The summed E-state index contributed by atoms with van der Waals surface area (Å²) in [6.45, 7) is 5.35. The maximum absolute atomic E-state index is 11.5. The van der Waals surface area contributed by atoms with Gasteiger partial charge in [0.05, 0.1) is 24.1 Å². The van der Waals surface area contributed by atoms with Crippen molar-refractivity contribution in [3.8, 4) is 0 Å². The molecule has 108 valence electrons. The van der Waals surface area contributed by atoms with Gasteiger partial charge in [0.1, 0.15) is 0 Å². The highest BCUT2D eigenvalue weighted by atomic mass is 32.1. The summed E-state index contributed by atoms with van der Waals surface area (Å²) < 4.78 is 1.75. The third-order valence-electron chi connectivity index (χ3n) is 2.73. The summed E-state index contributed by atoms with van der Waals surface area (Å²) in [5.41, 5.74) is 1.77. The van der Waals surface area contributed by atoms with Crippen LogP contribution >= 0.6 is 11.3 Å². The Morgan fingerprint density at radius 1 is 1.50 bits per heavy atom. The Kier molecular flexibility index (Phi) is 4.80. The largest absolute Gasteiger partial charge is 0.314 e. The SMILES string of the molecule is CCN(C(C)=O)c1nc(Cn2cc(CNC)nn2)cs1. The van der Waals surface area contributed by atoms with E-state index >= 15 is 0 Å². The molecule has 0 fully saturated rings. The van der Waals surface area contributed by atoms with Gasteiger partial charge in [0.25, 0.3) is 0 Å². The molecule has 0 saturated heterocycles. The van der Waals surface area contributed by atoms with Gasteiger partial charge in [-0.3, -0.25) is 9.69 Å². The lowest BCUT2D eigenvalue weighted by molar-refractivity contribution is -0.116. The zero-order valence-electron chi connectivity index (χ0n) is 11.8. The monoisotopic (exact) mass is 294 g/mol. The van der Waals surface area contributed by atoms with E-state index < -0.39 is 0 Å². The quantitative estimate of drug-likeness (QED) is 0.855. The molecule has 2 rings (SSSR count). The van der Waals surface area contributed by atoms with Gasteiger partial charge >= 0.3 is 0 Å². The summed E-state index contributed by atoms with van der Waals surface area (Å²) in [7, 11) is 1.87. The fourth-order valence-corrected chi connectivity index (χ4v) is 2.75. The first-order valence-electron chi connectivity index (χ1n) is 6.40. The van der Waals surface area contributed by atoms with E-state index in [1.54, 1.807) is 16.5 Å². The zero-order valence-corrected chi connectivity index (χ0v) is 12.6. The number of anilines is 1. The Morgan fingerprint density at radius 3 is 2.95 bits per heavy atom. The van der Waals surface area contributed by atoms with Crippen molar-refractivity contribution < 1.29 is 4.79 Å². The van der Waals surface area contributed by atoms with Crippen LogP contribution in [-0.4, -0.2) is 39.5 Å². The molecule has 8 heteroatoms. The number of hydrogen-bond donors (Lipinski definition) is 1. The normalized spacial score (nSPS) is 10.8. The first kappa shape index (κ1) is 14.6. The van der Waals surface area contributed by atoms with E-state index in [4.69, 9.17) is 0 Å². The molecule has 20 heavy (non-hydrogen) atoms. The van der Waals surface area contributed by atoms with Gasteiger partial charge in [-0.1, -0.05) is 5.21 Å². The Labute approximate surface area is 121 Å². The molecule has 0 atom stereocenters. The van der Waals surface area contributed by atoms with E-state index in [1.165, 1.54) is 11.3 Å². The van der Waals surface area contributed by atoms with Crippen molar-refractivity contribution in [1.82, 2.24) is 25.3 Å². The zero-order chi connectivity index (χ0) is 14.5. The predicted molar refractivity (Wildman–Crippen MR) is 77.7 cm³/mol. The summed E-state index contributed by atoms with van der Waals surface area (Å²) in [6, 6.07) is 0. The topological polar surface area (TPSA) is 75.9 Å². The predicted octanol–water partition coefficient (Wildman–Crippen LogP) is 0.875. The van der Waals surface area contributed by atoms with E-state index in [9.17, 15) is 4.79 Å². The van der Waals surface area contributed by atoms with Crippen molar-refractivity contribution in [2.75, 3.05) is 18.5 Å². The van der Waals surface area contributed by atoms with Crippen LogP contribution in [0.4, 0.5) is 5.13 Å². The minimum absolute atomic E-state index is 0.00506. The first-order chi connectivity index (χ1) is 9.63. The number of hydrogen-bond acceptors (Lipinski definition) is 6. The van der Waals surface area contributed by atoms with E-state index in [0.29, 0.717) is 19.6 Å². The molecule has 2 heterocycles. The number of aromatic nitrogens is 4. The minimum atomic E-state index is 0.00506. The first-order valence-corrected chi connectivity index (χ1v) is 7.28. The lowest BCUT2D eigenvalue weighted by Gasteiger charge is -2.14. The molecule has 1 N–H and O–H groups in total. The van der Waals surface area contributed by atoms with Gasteiger partial charge in [-0.25, -0.2) is 9.67 Å². The fraction of sp³-hybridized carbons (Fsp3) is 0.500. The number of nitrogens with zero attached hydrogens (tertiary/aromatic N) is 5. The Balaban J connectivity index is 2.06. The number of rotatable bonds is 6. The highest BCUT2D eigenvalue weighted by Crippen LogP contribution is 2.21. The lowest BCUT2D eigenvalue weighted by Crippen LogP contribution is -2.27. The minimum Gasteiger partial charge on any atom is -0.314 e. The Bertz CT molecular complexity index is 578. The van der Waals surface area contributed by atoms with Crippen molar-refractivity contribution in [1.29, 1.82) is 0 Å². The van der Waals surface area contributed by atoms with Crippen LogP contribution in [0.3, 0.4) is 0 Å². The third kappa shape index (κ3) is 3.40. The summed E-state index contributed by atoms with van der Waals surface area (Å²) in [5, 5.41) is 13.8. The summed E-state index contributed by atoms with van der Waals surface area (Å²) in [4.78, 5) is 17.6. The van der Waals surface area contributed by atoms with Gasteiger partial charge in [0.2, 0.25) is 5.91 Å². The molecule has 0 bridgehead atoms. The lowest BCUT2D eigenvalue weighted by atomic mass is 10.4. The highest BCUT2D eigenvalue weighted by molar-refractivity contribution is 7.14. The molecule has 0 saturated carbocycles. The van der Waals surface area contributed by atoms with E-state index in [2.05, 4.69) is 20.6 Å². The van der Waals surface area contributed by atoms with E-state index in [0.717, 1.165) is 16.5 Å². The highest BCUT2D eigenvalue weighted by Gasteiger charge is 2.13. The molecule has 0 unspecified atom stereocenters. The molecule has 2 aromatic rings. The third-order valence-corrected chi connectivity index (χ3v) is 3.65. The van der Waals surface area contributed by atoms with Crippen molar-refractivity contribution in [3.05, 3.63) is 23.0 Å². The molecule has 0 aliphatic rings. The average molecular weight is 294 g/mol. The summed E-state index contributed by atoms with van der Waals surface area (Å²) in [6.07, 6.45) is 1.89. The van der Waals surface area contributed by atoms with Gasteiger partial charge in [0.15, 0.2) is 5.13 Å². The maximum atomic E-state index is 11.5. The van der Waals surface area contributed by atoms with Crippen LogP contribution in [0, 0.1) is 0 Å². The fourth-order valence-electron chi connectivity index (χ4n) is 1.83. The number of carbonyl (C=O) groups excluding carboxylic acids is 1. The Hall–Kier alpha value is -1.80. The van der Waals surface area contributed by atoms with Gasteiger partial charge in [-0.05, 0) is 14.0 Å². The summed E-state index contributed by atoms with van der Waals surface area (Å²) >= 11 is 1.47. The molecule has 0 spiro atoms. The van der Waals surface area contributed by atoms with Gasteiger partial charge in [-0.15, -0.1) is 16.4 Å². The van der Waals surface area contributed by atoms with Crippen LogP contribution in [0.2, 0.25) is 0 Å². The van der Waals surface area contributed by atoms with Crippen molar-refractivity contribution in [2.45, 2.75) is 26.9 Å². The van der Waals surface area contributed by atoms with Gasteiger partial charge in [0, 0.05) is 25.4 Å². The second-order valence-corrected chi connectivity index (χ2v) is 5.16. The summed E-state index contributed by atoms with van der Waals surface area (Å²) in [5.74, 6) is 0.00506. The molecular formula is C12H18N6OS. The van der Waals surface area contributed by atoms with Gasteiger partial charge < -0.3 is 5.32 Å². The number of nitrogens with one attached hydrogen (secondary N) is 1. The molecular weight excluding hydrogens is 276 g/mol. The second kappa shape index (κ2) is 6.58. The Morgan fingerprint density at radius 2 is 2.30 bits per heavy atom. The standard InChI is InChI=1S/C12H18N6OS/c1-4-18(9(2)19)12-14-11(8-20-12)7-17-6-10(5-13-3)15-16-17/h6,8,13H,4-5,7H2,1-3H3. The van der Waals surface area contributed by atoms with Crippen LogP contribution in [0.15, 0.2) is 11.6 Å². The number of carbonyl (C=O) groups is 1. The van der Waals surface area contributed by atoms with Crippen molar-refractivity contribution >= 4 is 22.4 Å². The molecule has 0 aliphatic heterocycles. The number of thiazole rings is 1. The maximum Gasteiger partial charge on any atom is 0.225 e. The van der Waals surface area contributed by atoms with Crippen molar-refractivity contribution in [2.24, 2.45) is 0 Å². The van der Waals surface area contributed by atoms with Crippen LogP contribution in [0.25, 0.3) is 0 Å². The average Bonchev–Trinajstić information content (AvgIpc) is 3.01. The molecule has 7 nitrogen and oxygen atoms in total. The van der Waals surface area contributed by atoms with E-state index in [-0.39, 0.29) is 5.91 Å². The van der Waals surface area contributed by atoms with Crippen molar-refractivity contribution in [3.63, 3.8) is 0 Å². The van der Waals surface area contributed by atoms with Crippen LogP contribution in [0.1, 0.15) is 25.2 Å². The molecule has 2 aromatic heterocycles. The molecule has 0 aromatic carbocycles. The van der Waals surface area contributed by atoms with Crippen LogP contribution in [-0.2, 0) is 17.9 Å². The smallest absolute Gasteiger partial charge is 0.225 e. The molecule has 0 radical (unpaired) electrons.